The predicted molar refractivity (Wildman–Crippen MR) is 55.2 cm³/mol. The van der Waals surface area contributed by atoms with Crippen LogP contribution in [-0.4, -0.2) is 11.7 Å². The van der Waals surface area contributed by atoms with Crippen LogP contribution >= 0.6 is 0 Å². The van der Waals surface area contributed by atoms with Crippen molar-refractivity contribution in [3.63, 3.8) is 0 Å². The molecule has 0 spiro atoms. The first kappa shape index (κ1) is 11.4. The highest BCUT2D eigenvalue weighted by atomic mass is 19.4. The van der Waals surface area contributed by atoms with Crippen LogP contribution in [0.5, 0.6) is 0 Å². The molecular formula is C10H8F3N3O. The van der Waals surface area contributed by atoms with Gasteiger partial charge in [-0.1, -0.05) is 0 Å². The summed E-state index contributed by atoms with van der Waals surface area (Å²) in [5.74, 6) is -0.211. The Balaban J connectivity index is 2.28. The molecule has 0 saturated carbocycles. The monoisotopic (exact) mass is 243 g/mol. The Hall–Kier alpha value is -2.05. The SMILES string of the molecule is NC1=NN(c2ccc(C(F)(F)F)cc2)C(=O)C1. The van der Waals surface area contributed by atoms with Gasteiger partial charge in [0, 0.05) is 0 Å². The molecule has 0 aromatic heterocycles. The lowest BCUT2D eigenvalue weighted by Crippen LogP contribution is -2.19. The number of anilines is 1. The molecule has 0 fully saturated rings. The lowest BCUT2D eigenvalue weighted by Gasteiger charge is -2.12. The molecule has 17 heavy (non-hydrogen) atoms. The lowest BCUT2D eigenvalue weighted by atomic mass is 10.2. The molecule has 1 aromatic carbocycles. The van der Waals surface area contributed by atoms with Crippen LogP contribution in [0.4, 0.5) is 18.9 Å². The number of hydrogen-bond donors (Lipinski definition) is 1. The van der Waals surface area contributed by atoms with E-state index in [0.717, 1.165) is 17.1 Å². The highest BCUT2D eigenvalue weighted by molar-refractivity contribution is 6.11. The number of carbonyl (C=O) groups excluding carboxylic acids is 1. The molecule has 0 saturated heterocycles. The van der Waals surface area contributed by atoms with Crippen LogP contribution in [0, 0.1) is 0 Å². The molecule has 90 valence electrons. The molecule has 1 aliphatic rings. The van der Waals surface area contributed by atoms with Gasteiger partial charge in [0.25, 0.3) is 5.91 Å². The molecule has 0 atom stereocenters. The van der Waals surface area contributed by atoms with E-state index in [1.165, 1.54) is 12.1 Å². The quantitative estimate of drug-likeness (QED) is 0.816. The van der Waals surface area contributed by atoms with E-state index in [2.05, 4.69) is 5.10 Å². The first-order valence-corrected chi connectivity index (χ1v) is 4.71. The van der Waals surface area contributed by atoms with Gasteiger partial charge in [0.2, 0.25) is 0 Å². The topological polar surface area (TPSA) is 58.7 Å². The summed E-state index contributed by atoms with van der Waals surface area (Å²) in [5, 5.41) is 4.72. The maximum absolute atomic E-state index is 12.3. The molecule has 1 heterocycles. The maximum Gasteiger partial charge on any atom is 0.416 e. The Morgan fingerprint density at radius 1 is 1.24 bits per heavy atom. The summed E-state index contributed by atoms with van der Waals surface area (Å²) in [4.78, 5) is 11.4. The fraction of sp³-hybridized carbons (Fsp3) is 0.200. The zero-order valence-electron chi connectivity index (χ0n) is 8.53. The van der Waals surface area contributed by atoms with Gasteiger partial charge < -0.3 is 5.73 Å². The van der Waals surface area contributed by atoms with Crippen molar-refractivity contribution >= 4 is 17.4 Å². The molecule has 1 aliphatic heterocycles. The molecule has 0 aliphatic carbocycles. The van der Waals surface area contributed by atoms with Crippen LogP contribution in [0.1, 0.15) is 12.0 Å². The van der Waals surface area contributed by atoms with Gasteiger partial charge in [0.1, 0.15) is 5.84 Å². The third-order valence-corrected chi connectivity index (χ3v) is 2.24. The minimum Gasteiger partial charge on any atom is -0.385 e. The molecular weight excluding hydrogens is 235 g/mol. The van der Waals surface area contributed by atoms with Crippen LogP contribution in [-0.2, 0) is 11.0 Å². The summed E-state index contributed by atoms with van der Waals surface area (Å²) in [6.45, 7) is 0. The van der Waals surface area contributed by atoms with Crippen LogP contribution in [0.15, 0.2) is 29.4 Å². The standard InChI is InChI=1S/C10H8F3N3O/c11-10(12,13)6-1-3-7(4-2-6)16-9(17)5-8(14)15-16/h1-4H,5H2,(H2,14,15). The third-order valence-electron chi connectivity index (χ3n) is 2.24. The molecule has 2 rings (SSSR count). The number of amides is 1. The Bertz CT molecular complexity index is 479. The van der Waals surface area contributed by atoms with Crippen LogP contribution in [0.25, 0.3) is 0 Å². The molecule has 1 aromatic rings. The van der Waals surface area contributed by atoms with Crippen molar-refractivity contribution in [2.24, 2.45) is 10.8 Å². The van der Waals surface area contributed by atoms with E-state index in [9.17, 15) is 18.0 Å². The highest BCUT2D eigenvalue weighted by Crippen LogP contribution is 2.31. The number of nitrogens with zero attached hydrogens (tertiary/aromatic N) is 2. The molecule has 7 heteroatoms. The average Bonchev–Trinajstić information content (AvgIpc) is 2.57. The summed E-state index contributed by atoms with van der Waals surface area (Å²) >= 11 is 0. The van der Waals surface area contributed by atoms with Gasteiger partial charge in [0.15, 0.2) is 0 Å². The second kappa shape index (κ2) is 3.76. The second-order valence-electron chi connectivity index (χ2n) is 3.52. The van der Waals surface area contributed by atoms with E-state index in [0.29, 0.717) is 0 Å². The van der Waals surface area contributed by atoms with E-state index in [-0.39, 0.29) is 23.9 Å². The van der Waals surface area contributed by atoms with Gasteiger partial charge in [-0.05, 0) is 24.3 Å². The fourth-order valence-electron chi connectivity index (χ4n) is 1.44. The average molecular weight is 243 g/mol. The first-order valence-electron chi connectivity index (χ1n) is 4.71. The van der Waals surface area contributed by atoms with Crippen LogP contribution in [0.3, 0.4) is 0 Å². The molecule has 2 N–H and O–H groups in total. The van der Waals surface area contributed by atoms with Gasteiger partial charge >= 0.3 is 6.18 Å². The summed E-state index contributed by atoms with van der Waals surface area (Å²) in [6, 6.07) is 4.16. The Labute approximate surface area is 94.5 Å². The number of halogens is 3. The van der Waals surface area contributed by atoms with E-state index in [1.807, 2.05) is 0 Å². The number of nitrogens with two attached hydrogens (primary N) is 1. The zero-order valence-corrected chi connectivity index (χ0v) is 8.53. The Morgan fingerprint density at radius 2 is 1.82 bits per heavy atom. The third kappa shape index (κ3) is 2.22. The van der Waals surface area contributed by atoms with E-state index in [1.54, 1.807) is 0 Å². The van der Waals surface area contributed by atoms with Crippen molar-refractivity contribution in [3.05, 3.63) is 29.8 Å². The first-order chi connectivity index (χ1) is 7.88. The number of rotatable bonds is 1. The lowest BCUT2D eigenvalue weighted by molar-refractivity contribution is -0.137. The molecule has 1 amide bonds. The second-order valence-corrected chi connectivity index (χ2v) is 3.52. The highest BCUT2D eigenvalue weighted by Gasteiger charge is 2.31. The van der Waals surface area contributed by atoms with Gasteiger partial charge in [-0.2, -0.15) is 23.3 Å². The summed E-state index contributed by atoms with van der Waals surface area (Å²) < 4.78 is 36.9. The van der Waals surface area contributed by atoms with Crippen molar-refractivity contribution in [2.75, 3.05) is 5.01 Å². The molecule has 0 unspecified atom stereocenters. The summed E-state index contributed by atoms with van der Waals surface area (Å²) in [5.41, 5.74) is 4.85. The smallest absolute Gasteiger partial charge is 0.385 e. The van der Waals surface area contributed by atoms with Crippen molar-refractivity contribution in [2.45, 2.75) is 12.6 Å². The van der Waals surface area contributed by atoms with Crippen molar-refractivity contribution < 1.29 is 18.0 Å². The molecule has 0 bridgehead atoms. The van der Waals surface area contributed by atoms with Gasteiger partial charge in [-0.15, -0.1) is 0 Å². The summed E-state index contributed by atoms with van der Waals surface area (Å²) in [7, 11) is 0. The minimum atomic E-state index is -4.39. The van der Waals surface area contributed by atoms with Crippen molar-refractivity contribution in [3.8, 4) is 0 Å². The number of hydrazone groups is 1. The van der Waals surface area contributed by atoms with E-state index in [4.69, 9.17) is 5.73 Å². The molecule has 0 radical (unpaired) electrons. The minimum absolute atomic E-state index is 0.0129. The van der Waals surface area contributed by atoms with Gasteiger partial charge in [0.05, 0.1) is 17.7 Å². The van der Waals surface area contributed by atoms with Crippen LogP contribution < -0.4 is 10.7 Å². The number of alkyl halides is 3. The number of benzene rings is 1. The normalized spacial score (nSPS) is 16.3. The zero-order chi connectivity index (χ0) is 12.6. The summed E-state index contributed by atoms with van der Waals surface area (Å²) in [6.07, 6.45) is -4.41. The van der Waals surface area contributed by atoms with Gasteiger partial charge in [-0.3, -0.25) is 4.79 Å². The number of amidine groups is 1. The van der Waals surface area contributed by atoms with Gasteiger partial charge in [-0.25, -0.2) is 0 Å². The van der Waals surface area contributed by atoms with E-state index < -0.39 is 11.7 Å². The van der Waals surface area contributed by atoms with E-state index >= 15 is 0 Å². The largest absolute Gasteiger partial charge is 0.416 e. The number of carbonyl (C=O) groups is 1. The predicted octanol–water partition coefficient (Wildman–Crippen LogP) is 1.71. The maximum atomic E-state index is 12.3. The van der Waals surface area contributed by atoms with Crippen molar-refractivity contribution in [1.82, 2.24) is 0 Å². The van der Waals surface area contributed by atoms with Crippen LogP contribution in [0.2, 0.25) is 0 Å². The fourth-order valence-corrected chi connectivity index (χ4v) is 1.44. The molecule has 4 nitrogen and oxygen atoms in total. The Kier molecular flexibility index (Phi) is 2.53. The Morgan fingerprint density at radius 3 is 2.24 bits per heavy atom. The number of hydrogen-bond acceptors (Lipinski definition) is 3. The van der Waals surface area contributed by atoms with Crippen molar-refractivity contribution in [1.29, 1.82) is 0 Å².